The maximum absolute atomic E-state index is 14.3. The van der Waals surface area contributed by atoms with Crippen LogP contribution >= 0.6 is 0 Å². The van der Waals surface area contributed by atoms with E-state index in [2.05, 4.69) is 9.47 Å². The molecule has 1 rings (SSSR count). The lowest BCUT2D eigenvalue weighted by molar-refractivity contribution is -0.521. The molecule has 0 spiro atoms. The van der Waals surface area contributed by atoms with Gasteiger partial charge in [0.25, 0.3) is 6.43 Å². The van der Waals surface area contributed by atoms with E-state index in [-0.39, 0.29) is 13.3 Å². The molecule has 0 aromatic carbocycles. The monoisotopic (exact) mass is 406 g/mol. The zero-order valence-corrected chi connectivity index (χ0v) is 13.5. The first-order valence-corrected chi connectivity index (χ1v) is 7.13. The lowest BCUT2D eigenvalue weighted by Crippen LogP contribution is -2.81. The largest absolute Gasteiger partial charge is 0.449 e. The summed E-state index contributed by atoms with van der Waals surface area (Å²) in [6.45, 7) is 2.04. The zero-order chi connectivity index (χ0) is 20.9. The van der Waals surface area contributed by atoms with Gasteiger partial charge in [-0.3, -0.25) is 4.79 Å². The van der Waals surface area contributed by atoms with Crippen LogP contribution in [0.4, 0.5) is 39.5 Å². The summed E-state index contributed by atoms with van der Waals surface area (Å²) >= 11 is 0. The van der Waals surface area contributed by atoms with Crippen LogP contribution in [-0.4, -0.2) is 53.0 Å². The van der Waals surface area contributed by atoms with Gasteiger partial charge in [-0.05, 0) is 13.3 Å². The molecule has 0 aromatic heterocycles. The number of hydrogen-bond acceptors (Lipinski definition) is 4. The SMILES string of the molecule is CCC(C)C(=O)OC1C(F)(F)C(C)(C(F)F)OC(O)(C(F)(F)F)C1(F)F. The summed E-state index contributed by atoms with van der Waals surface area (Å²) in [5.41, 5.74) is -4.53. The van der Waals surface area contributed by atoms with Crippen LogP contribution in [0.2, 0.25) is 0 Å². The van der Waals surface area contributed by atoms with Crippen molar-refractivity contribution in [3.05, 3.63) is 0 Å². The number of alkyl halides is 9. The standard InChI is InChI=1S/C13H15F9O4/c1-4-5(2)6(23)25-7-10(16,17)9(3,8(14)15)26-12(24,11(7,18)19)13(20,21)22/h5,7-8,24H,4H2,1-3H3. The van der Waals surface area contributed by atoms with E-state index in [0.29, 0.717) is 0 Å². The molecule has 1 aliphatic heterocycles. The fourth-order valence-corrected chi connectivity index (χ4v) is 2.09. The second-order valence-corrected chi connectivity index (χ2v) is 6.02. The molecule has 4 nitrogen and oxygen atoms in total. The van der Waals surface area contributed by atoms with Crippen LogP contribution in [0, 0.1) is 5.92 Å². The van der Waals surface area contributed by atoms with Gasteiger partial charge in [0.05, 0.1) is 5.92 Å². The normalized spacial score (nSPS) is 35.2. The van der Waals surface area contributed by atoms with Crippen molar-refractivity contribution in [3.8, 4) is 0 Å². The maximum atomic E-state index is 14.3. The van der Waals surface area contributed by atoms with Crippen molar-refractivity contribution in [2.45, 2.75) is 69.1 Å². The number of ether oxygens (including phenoxy) is 2. The van der Waals surface area contributed by atoms with Gasteiger partial charge >= 0.3 is 29.8 Å². The predicted molar refractivity (Wildman–Crippen MR) is 65.7 cm³/mol. The molecule has 0 aliphatic carbocycles. The minimum absolute atomic E-state index is 0.130. The average molecular weight is 406 g/mol. The average Bonchev–Trinajstić information content (AvgIpc) is 2.47. The summed E-state index contributed by atoms with van der Waals surface area (Å²) in [6, 6.07) is 0. The van der Waals surface area contributed by atoms with Crippen molar-refractivity contribution < 1.29 is 58.9 Å². The van der Waals surface area contributed by atoms with Crippen LogP contribution in [0.1, 0.15) is 27.2 Å². The van der Waals surface area contributed by atoms with Gasteiger partial charge in [-0.1, -0.05) is 13.8 Å². The van der Waals surface area contributed by atoms with E-state index in [4.69, 9.17) is 0 Å². The van der Waals surface area contributed by atoms with Gasteiger partial charge in [-0.15, -0.1) is 0 Å². The fraction of sp³-hybridized carbons (Fsp3) is 0.923. The second kappa shape index (κ2) is 6.43. The number of carbonyl (C=O) groups is 1. The third-order valence-electron chi connectivity index (χ3n) is 4.18. The van der Waals surface area contributed by atoms with Gasteiger partial charge in [0, 0.05) is 0 Å². The molecule has 1 fully saturated rings. The first-order chi connectivity index (χ1) is 11.4. The summed E-state index contributed by atoms with van der Waals surface area (Å²) in [7, 11) is 0. The zero-order valence-electron chi connectivity index (χ0n) is 13.5. The highest BCUT2D eigenvalue weighted by Gasteiger charge is 2.88. The molecule has 1 aliphatic rings. The Balaban J connectivity index is 3.62. The lowest BCUT2D eigenvalue weighted by atomic mass is 9.82. The Kier molecular flexibility index (Phi) is 5.64. The number of hydrogen-bond donors (Lipinski definition) is 1. The van der Waals surface area contributed by atoms with E-state index in [9.17, 15) is 49.4 Å². The highest BCUT2D eigenvalue weighted by Crippen LogP contribution is 2.59. The van der Waals surface area contributed by atoms with E-state index < -0.39 is 53.8 Å². The molecule has 4 atom stereocenters. The van der Waals surface area contributed by atoms with Crippen molar-refractivity contribution in [3.63, 3.8) is 0 Å². The Hall–Kier alpha value is -1.24. The van der Waals surface area contributed by atoms with Crippen LogP contribution in [0.15, 0.2) is 0 Å². The highest BCUT2D eigenvalue weighted by molar-refractivity contribution is 5.72. The van der Waals surface area contributed by atoms with Crippen molar-refractivity contribution in [2.24, 2.45) is 5.92 Å². The Morgan fingerprint density at radius 2 is 1.65 bits per heavy atom. The molecule has 0 radical (unpaired) electrons. The van der Waals surface area contributed by atoms with Gasteiger partial charge in [-0.25, -0.2) is 8.78 Å². The minimum Gasteiger partial charge on any atom is -0.449 e. The Morgan fingerprint density at radius 3 is 2.00 bits per heavy atom. The van der Waals surface area contributed by atoms with Gasteiger partial charge in [0.1, 0.15) is 0 Å². The minimum atomic E-state index is -6.47. The predicted octanol–water partition coefficient (Wildman–Crippen LogP) is 3.52. The molecule has 154 valence electrons. The second-order valence-electron chi connectivity index (χ2n) is 6.02. The molecular weight excluding hydrogens is 391 g/mol. The van der Waals surface area contributed by atoms with Crippen molar-refractivity contribution in [1.29, 1.82) is 0 Å². The molecule has 0 saturated carbocycles. The van der Waals surface area contributed by atoms with Gasteiger partial charge in [0.15, 0.2) is 5.60 Å². The molecule has 26 heavy (non-hydrogen) atoms. The van der Waals surface area contributed by atoms with Crippen molar-refractivity contribution >= 4 is 5.97 Å². The van der Waals surface area contributed by atoms with Crippen LogP contribution in [0.5, 0.6) is 0 Å². The number of carbonyl (C=O) groups excluding carboxylic acids is 1. The van der Waals surface area contributed by atoms with E-state index in [0.717, 1.165) is 6.92 Å². The van der Waals surface area contributed by atoms with E-state index >= 15 is 0 Å². The van der Waals surface area contributed by atoms with Gasteiger partial charge < -0.3 is 14.6 Å². The number of halogens is 9. The highest BCUT2D eigenvalue weighted by atomic mass is 19.4. The molecule has 4 unspecified atom stereocenters. The van der Waals surface area contributed by atoms with E-state index in [1.54, 1.807) is 0 Å². The Bertz CT molecular complexity index is 550. The van der Waals surface area contributed by atoms with Crippen LogP contribution < -0.4 is 0 Å². The third kappa shape index (κ3) is 3.02. The third-order valence-corrected chi connectivity index (χ3v) is 4.18. The summed E-state index contributed by atoms with van der Waals surface area (Å²) in [5.74, 6) is -20.3. The molecule has 1 heterocycles. The molecule has 1 saturated heterocycles. The van der Waals surface area contributed by atoms with Crippen LogP contribution in [0.3, 0.4) is 0 Å². The summed E-state index contributed by atoms with van der Waals surface area (Å²) < 4.78 is 129. The van der Waals surface area contributed by atoms with Crippen molar-refractivity contribution in [2.75, 3.05) is 0 Å². The topological polar surface area (TPSA) is 55.8 Å². The molecule has 1 N–H and O–H groups in total. The maximum Gasteiger partial charge on any atom is 0.449 e. The number of rotatable bonds is 4. The summed E-state index contributed by atoms with van der Waals surface area (Å²) in [5, 5.41) is 9.28. The first-order valence-electron chi connectivity index (χ1n) is 7.13. The smallest absolute Gasteiger partial charge is 0.449 e. The van der Waals surface area contributed by atoms with Crippen molar-refractivity contribution in [1.82, 2.24) is 0 Å². The molecule has 0 bridgehead atoms. The number of aliphatic hydroxyl groups is 1. The van der Waals surface area contributed by atoms with E-state index in [1.165, 1.54) is 6.92 Å². The quantitative estimate of drug-likeness (QED) is 0.574. The van der Waals surface area contributed by atoms with Crippen LogP contribution in [-0.2, 0) is 14.3 Å². The van der Waals surface area contributed by atoms with E-state index in [1.807, 2.05) is 0 Å². The molecule has 0 amide bonds. The van der Waals surface area contributed by atoms with Gasteiger partial charge in [0.2, 0.25) is 6.10 Å². The summed E-state index contributed by atoms with van der Waals surface area (Å²) in [4.78, 5) is 11.6. The Labute approximate surface area is 141 Å². The lowest BCUT2D eigenvalue weighted by Gasteiger charge is -2.53. The van der Waals surface area contributed by atoms with Crippen LogP contribution in [0.25, 0.3) is 0 Å². The molecule has 13 heteroatoms. The molecular formula is C13H15F9O4. The van der Waals surface area contributed by atoms with Gasteiger partial charge in [-0.2, -0.15) is 30.7 Å². The number of esters is 1. The Morgan fingerprint density at radius 1 is 1.19 bits per heavy atom. The fourth-order valence-electron chi connectivity index (χ4n) is 2.09. The molecule has 0 aromatic rings. The summed E-state index contributed by atoms with van der Waals surface area (Å²) in [6.07, 6.45) is -15.4. The first kappa shape index (κ1) is 22.8.